The molecule has 5 nitrogen and oxygen atoms in total. The molecule has 0 aromatic carbocycles. The second-order valence-electron chi connectivity index (χ2n) is 6.33. The van der Waals surface area contributed by atoms with E-state index in [0.717, 1.165) is 49.1 Å². The molecule has 23 heavy (non-hydrogen) atoms. The quantitative estimate of drug-likeness (QED) is 0.857. The Hall–Kier alpha value is -2.30. The predicted octanol–water partition coefficient (Wildman–Crippen LogP) is 2.82. The Morgan fingerprint density at radius 3 is 3.00 bits per heavy atom. The van der Waals surface area contributed by atoms with E-state index in [4.69, 9.17) is 4.42 Å². The molecule has 2 aliphatic rings. The van der Waals surface area contributed by atoms with Gasteiger partial charge in [-0.2, -0.15) is 5.10 Å². The molecule has 4 rings (SSSR count). The van der Waals surface area contributed by atoms with Gasteiger partial charge in [-0.15, -0.1) is 0 Å². The molecular formula is C18H21N3O2. The van der Waals surface area contributed by atoms with Crippen LogP contribution in [0.2, 0.25) is 0 Å². The molecule has 0 saturated carbocycles. The van der Waals surface area contributed by atoms with Gasteiger partial charge in [-0.05, 0) is 44.2 Å². The summed E-state index contributed by atoms with van der Waals surface area (Å²) in [5.41, 5.74) is 4.14. The largest absolute Gasteiger partial charge is 0.465 e. The zero-order valence-electron chi connectivity index (χ0n) is 13.4. The van der Waals surface area contributed by atoms with E-state index in [1.165, 1.54) is 12.1 Å². The Morgan fingerprint density at radius 1 is 1.30 bits per heavy atom. The number of carbonyl (C=O) groups excluding carboxylic acids is 1. The van der Waals surface area contributed by atoms with E-state index in [1.807, 2.05) is 28.8 Å². The molecule has 1 aliphatic carbocycles. The second kappa shape index (κ2) is 5.72. The summed E-state index contributed by atoms with van der Waals surface area (Å²) in [5.74, 6) is 0.909. The zero-order chi connectivity index (χ0) is 15.8. The summed E-state index contributed by atoms with van der Waals surface area (Å²) in [5, 5.41) is 4.54. The Labute approximate surface area is 135 Å². The van der Waals surface area contributed by atoms with Gasteiger partial charge in [0.1, 0.15) is 5.76 Å². The third-order valence-corrected chi connectivity index (χ3v) is 4.84. The summed E-state index contributed by atoms with van der Waals surface area (Å²) in [6.45, 7) is 1.34. The highest BCUT2D eigenvalue weighted by molar-refractivity contribution is 5.95. The van der Waals surface area contributed by atoms with Gasteiger partial charge < -0.3 is 9.32 Å². The number of rotatable bonds is 2. The minimum atomic E-state index is 0.0564. The van der Waals surface area contributed by atoms with Crippen LogP contribution in [0.25, 0.3) is 5.57 Å². The molecule has 2 aromatic heterocycles. The van der Waals surface area contributed by atoms with Gasteiger partial charge in [0.2, 0.25) is 0 Å². The van der Waals surface area contributed by atoms with Crippen LogP contribution in [0.3, 0.4) is 0 Å². The number of hydrogen-bond acceptors (Lipinski definition) is 3. The number of amides is 1. The fourth-order valence-corrected chi connectivity index (χ4v) is 3.65. The first-order chi connectivity index (χ1) is 11.2. The van der Waals surface area contributed by atoms with Crippen molar-refractivity contribution in [2.75, 3.05) is 13.1 Å². The van der Waals surface area contributed by atoms with Crippen LogP contribution in [-0.2, 0) is 19.9 Å². The van der Waals surface area contributed by atoms with Crippen LogP contribution >= 0.6 is 0 Å². The number of carbonyl (C=O) groups is 1. The van der Waals surface area contributed by atoms with Crippen molar-refractivity contribution in [2.45, 2.75) is 32.1 Å². The molecule has 0 N–H and O–H groups in total. The molecule has 1 aliphatic heterocycles. The Kier molecular flexibility index (Phi) is 3.56. The third-order valence-electron chi connectivity index (χ3n) is 4.84. The first kappa shape index (κ1) is 14.3. The number of fused-ring (bicyclic) bond motifs is 1. The standard InChI is InChI=1S/C18H21N3O2/c1-20-15-8-3-2-7-14(15)17(19-20)18(22)21-10-4-6-13(12-21)16-9-5-11-23-16/h5-6,9,11H,2-4,7-8,10,12H2,1H3. The Bertz CT molecular complexity index is 756. The minimum Gasteiger partial charge on any atom is -0.465 e. The molecule has 0 bridgehead atoms. The SMILES string of the molecule is Cn1nc(C(=O)N2CCC=C(c3ccco3)C2)c2c1CCCC2. The average molecular weight is 311 g/mol. The van der Waals surface area contributed by atoms with Gasteiger partial charge in [0.15, 0.2) is 5.69 Å². The van der Waals surface area contributed by atoms with Crippen molar-refractivity contribution in [1.29, 1.82) is 0 Å². The minimum absolute atomic E-state index is 0.0564. The number of nitrogens with zero attached hydrogens (tertiary/aromatic N) is 3. The lowest BCUT2D eigenvalue weighted by atomic mass is 9.95. The van der Waals surface area contributed by atoms with Gasteiger partial charge in [-0.1, -0.05) is 6.08 Å². The van der Waals surface area contributed by atoms with Crippen LogP contribution < -0.4 is 0 Å². The molecule has 0 unspecified atom stereocenters. The molecular weight excluding hydrogens is 290 g/mol. The highest BCUT2D eigenvalue weighted by Gasteiger charge is 2.28. The Morgan fingerprint density at radius 2 is 2.17 bits per heavy atom. The van der Waals surface area contributed by atoms with Crippen molar-refractivity contribution in [3.8, 4) is 0 Å². The van der Waals surface area contributed by atoms with Crippen molar-refractivity contribution >= 4 is 11.5 Å². The maximum Gasteiger partial charge on any atom is 0.274 e. The van der Waals surface area contributed by atoms with Crippen molar-refractivity contribution in [1.82, 2.24) is 14.7 Å². The van der Waals surface area contributed by atoms with E-state index in [1.54, 1.807) is 6.26 Å². The number of hydrogen-bond donors (Lipinski definition) is 0. The number of furan rings is 1. The van der Waals surface area contributed by atoms with E-state index in [0.29, 0.717) is 12.2 Å². The molecule has 5 heteroatoms. The molecule has 2 aromatic rings. The molecule has 0 fully saturated rings. The zero-order valence-corrected chi connectivity index (χ0v) is 13.4. The summed E-state index contributed by atoms with van der Waals surface area (Å²) in [6.07, 6.45) is 9.04. The maximum atomic E-state index is 13.0. The van der Waals surface area contributed by atoms with E-state index in [9.17, 15) is 4.79 Å². The van der Waals surface area contributed by atoms with Crippen LogP contribution in [0.15, 0.2) is 28.9 Å². The first-order valence-electron chi connectivity index (χ1n) is 8.31. The smallest absolute Gasteiger partial charge is 0.274 e. The molecule has 0 atom stereocenters. The molecule has 0 saturated heterocycles. The second-order valence-corrected chi connectivity index (χ2v) is 6.33. The van der Waals surface area contributed by atoms with Gasteiger partial charge in [0.05, 0.1) is 6.26 Å². The maximum absolute atomic E-state index is 13.0. The lowest BCUT2D eigenvalue weighted by Gasteiger charge is -2.26. The number of aromatic nitrogens is 2. The highest BCUT2D eigenvalue weighted by atomic mass is 16.3. The summed E-state index contributed by atoms with van der Waals surface area (Å²) < 4.78 is 7.37. The van der Waals surface area contributed by atoms with Crippen LogP contribution in [-0.4, -0.2) is 33.7 Å². The molecule has 120 valence electrons. The summed E-state index contributed by atoms with van der Waals surface area (Å²) >= 11 is 0. The fraction of sp³-hybridized carbons (Fsp3) is 0.444. The predicted molar refractivity (Wildman–Crippen MR) is 87.1 cm³/mol. The van der Waals surface area contributed by atoms with E-state index >= 15 is 0 Å². The van der Waals surface area contributed by atoms with E-state index in [2.05, 4.69) is 11.2 Å². The average Bonchev–Trinajstić information content (AvgIpc) is 3.23. The summed E-state index contributed by atoms with van der Waals surface area (Å²) in [4.78, 5) is 14.9. The molecule has 0 radical (unpaired) electrons. The lowest BCUT2D eigenvalue weighted by Crippen LogP contribution is -2.36. The van der Waals surface area contributed by atoms with Crippen molar-refractivity contribution < 1.29 is 9.21 Å². The van der Waals surface area contributed by atoms with E-state index in [-0.39, 0.29) is 5.91 Å². The number of aryl methyl sites for hydroxylation is 1. The van der Waals surface area contributed by atoms with Crippen LogP contribution in [0.5, 0.6) is 0 Å². The van der Waals surface area contributed by atoms with Crippen LogP contribution in [0, 0.1) is 0 Å². The van der Waals surface area contributed by atoms with E-state index < -0.39 is 0 Å². The van der Waals surface area contributed by atoms with Gasteiger partial charge >= 0.3 is 0 Å². The monoisotopic (exact) mass is 311 g/mol. The Balaban J connectivity index is 1.59. The summed E-state index contributed by atoms with van der Waals surface area (Å²) in [7, 11) is 1.95. The van der Waals surface area contributed by atoms with Crippen LogP contribution in [0.1, 0.15) is 46.8 Å². The van der Waals surface area contributed by atoms with Gasteiger partial charge in [-0.25, -0.2) is 0 Å². The van der Waals surface area contributed by atoms with Crippen LogP contribution in [0.4, 0.5) is 0 Å². The van der Waals surface area contributed by atoms with Gasteiger partial charge in [-0.3, -0.25) is 9.48 Å². The normalized spacial score (nSPS) is 17.8. The highest BCUT2D eigenvalue weighted by Crippen LogP contribution is 2.27. The van der Waals surface area contributed by atoms with Gasteiger partial charge in [0, 0.05) is 37.0 Å². The fourth-order valence-electron chi connectivity index (χ4n) is 3.65. The summed E-state index contributed by atoms with van der Waals surface area (Å²) in [6, 6.07) is 3.83. The van der Waals surface area contributed by atoms with Crippen molar-refractivity contribution in [3.05, 3.63) is 47.2 Å². The third kappa shape index (κ3) is 2.50. The van der Waals surface area contributed by atoms with Gasteiger partial charge in [0.25, 0.3) is 5.91 Å². The van der Waals surface area contributed by atoms with Crippen molar-refractivity contribution in [3.63, 3.8) is 0 Å². The topological polar surface area (TPSA) is 51.3 Å². The molecule has 1 amide bonds. The molecule has 3 heterocycles. The van der Waals surface area contributed by atoms with Crippen molar-refractivity contribution in [2.24, 2.45) is 7.05 Å². The first-order valence-corrected chi connectivity index (χ1v) is 8.31. The molecule has 0 spiro atoms. The lowest BCUT2D eigenvalue weighted by molar-refractivity contribution is 0.0766.